The molecule has 0 aliphatic carbocycles. The molecule has 2 aromatic carbocycles. The molecule has 2 atom stereocenters. The fourth-order valence-electron chi connectivity index (χ4n) is 3.57. The summed E-state index contributed by atoms with van der Waals surface area (Å²) in [7, 11) is 0. The van der Waals surface area contributed by atoms with Crippen LogP contribution in [0.1, 0.15) is 55.0 Å². The Balaban J connectivity index is 1.69. The first-order valence-corrected chi connectivity index (χ1v) is 9.03. The van der Waals surface area contributed by atoms with Crippen molar-refractivity contribution < 1.29 is 4.92 Å². The minimum Gasteiger partial charge on any atom is -0.348 e. The maximum Gasteiger partial charge on any atom is 0.269 e. The number of rotatable bonds is 4. The lowest BCUT2D eigenvalue weighted by Crippen LogP contribution is -2.28. The summed E-state index contributed by atoms with van der Waals surface area (Å²) in [5.41, 5.74) is 3.42. The SMILES string of the molecule is CC(C)c1ccc([C@H]2C[C@@H](c3cccc([N+](=O)[O-])c3)n3ncnc3N2)cc1. The second kappa shape index (κ2) is 6.83. The molecule has 0 amide bonds. The fourth-order valence-corrected chi connectivity index (χ4v) is 3.57. The van der Waals surface area contributed by atoms with Crippen molar-refractivity contribution >= 4 is 11.6 Å². The zero-order chi connectivity index (χ0) is 19.0. The van der Waals surface area contributed by atoms with Crippen LogP contribution in [0.25, 0.3) is 0 Å². The second-order valence-electron chi connectivity index (χ2n) is 7.15. The molecular weight excluding hydrogens is 342 g/mol. The molecule has 0 bridgehead atoms. The first-order valence-electron chi connectivity index (χ1n) is 9.03. The number of hydrogen-bond acceptors (Lipinski definition) is 5. The van der Waals surface area contributed by atoms with E-state index in [0.29, 0.717) is 11.9 Å². The van der Waals surface area contributed by atoms with Crippen molar-refractivity contribution in [2.24, 2.45) is 0 Å². The molecule has 1 aromatic heterocycles. The van der Waals surface area contributed by atoms with Crippen LogP contribution in [0.15, 0.2) is 54.9 Å². The number of nitrogens with zero attached hydrogens (tertiary/aromatic N) is 4. The number of hydrogen-bond donors (Lipinski definition) is 1. The van der Waals surface area contributed by atoms with Crippen molar-refractivity contribution in [3.8, 4) is 0 Å². The van der Waals surface area contributed by atoms with Crippen LogP contribution < -0.4 is 5.32 Å². The van der Waals surface area contributed by atoms with Gasteiger partial charge in [0.25, 0.3) is 5.69 Å². The molecule has 0 fully saturated rings. The van der Waals surface area contributed by atoms with Gasteiger partial charge >= 0.3 is 0 Å². The molecule has 0 saturated carbocycles. The number of nitrogens with one attached hydrogen (secondary N) is 1. The topological polar surface area (TPSA) is 85.9 Å². The van der Waals surface area contributed by atoms with Gasteiger partial charge in [-0.25, -0.2) is 4.68 Å². The number of benzene rings is 2. The van der Waals surface area contributed by atoms with Gasteiger partial charge in [-0.05, 0) is 29.0 Å². The summed E-state index contributed by atoms with van der Waals surface area (Å²) < 4.78 is 1.80. The summed E-state index contributed by atoms with van der Waals surface area (Å²) in [6.07, 6.45) is 2.25. The first-order chi connectivity index (χ1) is 13.0. The van der Waals surface area contributed by atoms with Crippen LogP contribution in [-0.4, -0.2) is 19.7 Å². The number of nitro benzene ring substituents is 1. The van der Waals surface area contributed by atoms with E-state index in [4.69, 9.17) is 0 Å². The third kappa shape index (κ3) is 3.28. The Morgan fingerprint density at radius 2 is 1.96 bits per heavy atom. The molecule has 27 heavy (non-hydrogen) atoms. The van der Waals surface area contributed by atoms with Crippen molar-refractivity contribution in [2.45, 2.75) is 38.3 Å². The molecule has 4 rings (SSSR count). The summed E-state index contributed by atoms with van der Waals surface area (Å²) in [6, 6.07) is 15.3. The smallest absolute Gasteiger partial charge is 0.269 e. The van der Waals surface area contributed by atoms with Crippen molar-refractivity contribution in [2.75, 3.05) is 5.32 Å². The third-order valence-electron chi connectivity index (χ3n) is 5.10. The maximum atomic E-state index is 11.2. The largest absolute Gasteiger partial charge is 0.348 e. The number of fused-ring (bicyclic) bond motifs is 1. The summed E-state index contributed by atoms with van der Waals surface area (Å²) in [4.78, 5) is 15.1. The maximum absolute atomic E-state index is 11.2. The van der Waals surface area contributed by atoms with E-state index in [1.807, 2.05) is 6.07 Å². The van der Waals surface area contributed by atoms with Crippen LogP contribution in [0.5, 0.6) is 0 Å². The van der Waals surface area contributed by atoms with Crippen LogP contribution in [0.3, 0.4) is 0 Å². The molecule has 0 spiro atoms. The van der Waals surface area contributed by atoms with E-state index in [1.165, 1.54) is 23.5 Å². The van der Waals surface area contributed by atoms with Crippen molar-refractivity contribution in [3.63, 3.8) is 0 Å². The highest BCUT2D eigenvalue weighted by Crippen LogP contribution is 2.38. The molecule has 1 aliphatic rings. The van der Waals surface area contributed by atoms with E-state index < -0.39 is 0 Å². The molecule has 1 aliphatic heterocycles. The highest BCUT2D eigenvalue weighted by Gasteiger charge is 2.30. The standard InChI is InChI=1S/C20H21N5O2/c1-13(2)14-6-8-15(9-7-14)18-11-19(24-20(23-18)21-12-22-24)16-4-3-5-17(10-16)25(26)27/h3-10,12-13,18-19H,11H2,1-2H3,(H,21,22,23)/t18-,19+/m1/s1. The Morgan fingerprint density at radius 3 is 2.67 bits per heavy atom. The lowest BCUT2D eigenvalue weighted by molar-refractivity contribution is -0.384. The Hall–Kier alpha value is -3.22. The average molecular weight is 363 g/mol. The molecule has 138 valence electrons. The van der Waals surface area contributed by atoms with Crippen molar-refractivity contribution in [1.82, 2.24) is 14.8 Å². The predicted octanol–water partition coefficient (Wildman–Crippen LogP) is 4.46. The molecule has 7 nitrogen and oxygen atoms in total. The summed E-state index contributed by atoms with van der Waals surface area (Å²) >= 11 is 0. The van der Waals surface area contributed by atoms with Gasteiger partial charge in [-0.1, -0.05) is 50.2 Å². The van der Waals surface area contributed by atoms with E-state index in [-0.39, 0.29) is 22.7 Å². The Kier molecular flexibility index (Phi) is 4.35. The molecule has 0 saturated heterocycles. The monoisotopic (exact) mass is 363 g/mol. The Morgan fingerprint density at radius 1 is 1.19 bits per heavy atom. The van der Waals surface area contributed by atoms with Gasteiger partial charge in [0.2, 0.25) is 5.95 Å². The molecule has 1 N–H and O–H groups in total. The molecule has 7 heteroatoms. The molecular formula is C20H21N5O2. The van der Waals surface area contributed by atoms with Gasteiger partial charge < -0.3 is 5.32 Å². The summed E-state index contributed by atoms with van der Waals surface area (Å²) in [5.74, 6) is 1.16. The van der Waals surface area contributed by atoms with Gasteiger partial charge in [0, 0.05) is 12.1 Å². The fraction of sp³-hybridized carbons (Fsp3) is 0.300. The normalized spacial score (nSPS) is 18.8. The first kappa shape index (κ1) is 17.2. The summed E-state index contributed by atoms with van der Waals surface area (Å²) in [5, 5.41) is 18.9. The number of non-ortho nitro benzene ring substituents is 1. The minimum absolute atomic E-state index is 0.0622. The predicted molar refractivity (Wildman–Crippen MR) is 103 cm³/mol. The van der Waals surface area contributed by atoms with Crippen LogP contribution in [0.4, 0.5) is 11.6 Å². The van der Waals surface area contributed by atoms with Gasteiger partial charge in [-0.15, -0.1) is 0 Å². The summed E-state index contributed by atoms with van der Waals surface area (Å²) in [6.45, 7) is 4.35. The van der Waals surface area contributed by atoms with E-state index in [1.54, 1.807) is 16.8 Å². The minimum atomic E-state index is -0.366. The molecule has 3 aromatic rings. The highest BCUT2D eigenvalue weighted by atomic mass is 16.6. The average Bonchev–Trinajstić information content (AvgIpc) is 3.16. The molecule has 2 heterocycles. The van der Waals surface area contributed by atoms with Crippen molar-refractivity contribution in [1.29, 1.82) is 0 Å². The van der Waals surface area contributed by atoms with Gasteiger partial charge in [0.05, 0.1) is 17.0 Å². The zero-order valence-corrected chi connectivity index (χ0v) is 15.2. The number of anilines is 1. The van der Waals surface area contributed by atoms with E-state index in [9.17, 15) is 10.1 Å². The molecule has 0 radical (unpaired) electrons. The lowest BCUT2D eigenvalue weighted by atomic mass is 9.92. The molecule has 0 unspecified atom stereocenters. The van der Waals surface area contributed by atoms with Crippen LogP contribution in [0, 0.1) is 10.1 Å². The van der Waals surface area contributed by atoms with Gasteiger partial charge in [-0.2, -0.15) is 10.1 Å². The third-order valence-corrected chi connectivity index (χ3v) is 5.10. The number of aromatic nitrogens is 3. The van der Waals surface area contributed by atoms with Gasteiger partial charge in [-0.3, -0.25) is 10.1 Å². The zero-order valence-electron chi connectivity index (χ0n) is 15.2. The Labute approximate surface area is 157 Å². The van der Waals surface area contributed by atoms with E-state index in [2.05, 4.69) is 53.5 Å². The quantitative estimate of drug-likeness (QED) is 0.546. The lowest BCUT2D eigenvalue weighted by Gasteiger charge is -2.31. The van der Waals surface area contributed by atoms with Gasteiger partial charge in [0.1, 0.15) is 6.33 Å². The van der Waals surface area contributed by atoms with Crippen molar-refractivity contribution in [3.05, 3.63) is 81.7 Å². The second-order valence-corrected chi connectivity index (χ2v) is 7.15. The van der Waals surface area contributed by atoms with E-state index >= 15 is 0 Å². The van der Waals surface area contributed by atoms with Crippen LogP contribution in [0.2, 0.25) is 0 Å². The highest BCUT2D eigenvalue weighted by molar-refractivity contribution is 5.42. The van der Waals surface area contributed by atoms with Gasteiger partial charge in [0.15, 0.2) is 0 Å². The number of nitro groups is 1. The Bertz CT molecular complexity index is 965. The van der Waals surface area contributed by atoms with Crippen LogP contribution >= 0.6 is 0 Å². The van der Waals surface area contributed by atoms with E-state index in [0.717, 1.165) is 12.0 Å². The van der Waals surface area contributed by atoms with Crippen LogP contribution in [-0.2, 0) is 0 Å².